The van der Waals surface area contributed by atoms with Crippen molar-refractivity contribution >= 4 is 5.91 Å². The van der Waals surface area contributed by atoms with E-state index in [0.29, 0.717) is 35.1 Å². The number of halogens is 2. The standard InChI is InChI=1S/C28H28F2N6O4/c1-4-40-18-10-21(29)20(22(30)11-18)14-36-26(16-5-6-16)15(2)25(34-36)27-32-13-24(39-3)23(33-27)9-17-7-8-31-12-19(17)28(37)35-38/h7-8,10-13,16,38H,4-6,9,14H2,1-3H3,(H,35,37). The zero-order valence-electron chi connectivity index (χ0n) is 22.2. The van der Waals surface area contributed by atoms with Crippen molar-refractivity contribution in [3.63, 3.8) is 0 Å². The number of nitrogens with zero attached hydrogens (tertiary/aromatic N) is 5. The number of carbonyl (C=O) groups excluding carboxylic acids is 1. The fourth-order valence-electron chi connectivity index (χ4n) is 4.74. The zero-order chi connectivity index (χ0) is 28.4. The number of hydrogen-bond donors (Lipinski definition) is 2. The van der Waals surface area contributed by atoms with Crippen LogP contribution in [0.15, 0.2) is 36.8 Å². The molecule has 0 radical (unpaired) electrons. The molecule has 4 aromatic rings. The fourth-order valence-corrected chi connectivity index (χ4v) is 4.74. The number of methoxy groups -OCH3 is 1. The Labute approximate surface area is 229 Å². The van der Waals surface area contributed by atoms with Gasteiger partial charge in [0.1, 0.15) is 23.1 Å². The van der Waals surface area contributed by atoms with E-state index >= 15 is 0 Å². The Morgan fingerprint density at radius 2 is 1.98 bits per heavy atom. The van der Waals surface area contributed by atoms with Crippen LogP contribution >= 0.6 is 0 Å². The van der Waals surface area contributed by atoms with Gasteiger partial charge in [-0.1, -0.05) is 0 Å². The van der Waals surface area contributed by atoms with E-state index < -0.39 is 17.5 Å². The van der Waals surface area contributed by atoms with Gasteiger partial charge in [0.05, 0.1) is 37.7 Å². The van der Waals surface area contributed by atoms with Gasteiger partial charge < -0.3 is 9.47 Å². The minimum Gasteiger partial charge on any atom is -0.494 e. The van der Waals surface area contributed by atoms with Crippen molar-refractivity contribution in [2.45, 2.75) is 45.6 Å². The predicted octanol–water partition coefficient (Wildman–Crippen LogP) is 4.36. The average molecular weight is 551 g/mol. The predicted molar refractivity (Wildman–Crippen MR) is 139 cm³/mol. The summed E-state index contributed by atoms with van der Waals surface area (Å²) >= 11 is 0. The second-order valence-corrected chi connectivity index (χ2v) is 9.45. The summed E-state index contributed by atoms with van der Waals surface area (Å²) in [5.74, 6) is -1.05. The van der Waals surface area contributed by atoms with Crippen molar-refractivity contribution < 1.29 is 28.3 Å². The molecule has 208 valence electrons. The number of amides is 1. The minimum absolute atomic E-state index is 0.101. The van der Waals surface area contributed by atoms with Gasteiger partial charge in [0.2, 0.25) is 0 Å². The SMILES string of the molecule is CCOc1cc(F)c(Cn2nc(-c3ncc(OC)c(Cc4ccncc4C(=O)NO)n3)c(C)c2C2CC2)c(F)c1. The molecule has 1 aromatic carbocycles. The van der Waals surface area contributed by atoms with Crippen molar-refractivity contribution in [3.8, 4) is 23.0 Å². The molecule has 12 heteroatoms. The first-order valence-electron chi connectivity index (χ1n) is 12.8. The fraction of sp³-hybridized carbons (Fsp3) is 0.321. The molecule has 40 heavy (non-hydrogen) atoms. The molecular formula is C28H28F2N6O4. The molecular weight excluding hydrogens is 522 g/mol. The molecule has 1 aliphatic rings. The molecule has 5 rings (SSSR count). The van der Waals surface area contributed by atoms with Crippen LogP contribution in [0.5, 0.6) is 11.5 Å². The number of ether oxygens (including phenoxy) is 2. The molecule has 1 aliphatic carbocycles. The monoisotopic (exact) mass is 550 g/mol. The van der Waals surface area contributed by atoms with Crippen molar-refractivity contribution in [2.75, 3.05) is 13.7 Å². The summed E-state index contributed by atoms with van der Waals surface area (Å²) in [4.78, 5) is 25.3. The summed E-state index contributed by atoms with van der Waals surface area (Å²) in [6, 6.07) is 4.01. The van der Waals surface area contributed by atoms with E-state index in [1.165, 1.54) is 37.8 Å². The lowest BCUT2D eigenvalue weighted by molar-refractivity contribution is 0.0705. The first-order chi connectivity index (χ1) is 19.3. The molecule has 2 N–H and O–H groups in total. The van der Waals surface area contributed by atoms with Crippen LogP contribution < -0.4 is 15.0 Å². The molecule has 10 nitrogen and oxygen atoms in total. The minimum atomic E-state index is -0.706. The lowest BCUT2D eigenvalue weighted by Crippen LogP contribution is -2.20. The summed E-state index contributed by atoms with van der Waals surface area (Å²) in [5, 5.41) is 13.8. The van der Waals surface area contributed by atoms with Gasteiger partial charge in [-0.15, -0.1) is 0 Å². The van der Waals surface area contributed by atoms with E-state index in [1.54, 1.807) is 23.2 Å². The maximum absolute atomic E-state index is 14.9. The Morgan fingerprint density at radius 1 is 1.23 bits per heavy atom. The van der Waals surface area contributed by atoms with Crippen LogP contribution in [0.2, 0.25) is 0 Å². The number of aromatic nitrogens is 5. The highest BCUT2D eigenvalue weighted by atomic mass is 19.1. The second kappa shape index (κ2) is 11.3. The number of hydroxylamine groups is 1. The Bertz CT molecular complexity index is 1550. The van der Waals surface area contributed by atoms with Crippen molar-refractivity contribution in [1.82, 2.24) is 30.2 Å². The van der Waals surface area contributed by atoms with Gasteiger partial charge in [-0.25, -0.2) is 24.2 Å². The Morgan fingerprint density at radius 3 is 2.62 bits per heavy atom. The first-order valence-corrected chi connectivity index (χ1v) is 12.8. The van der Waals surface area contributed by atoms with E-state index in [-0.39, 0.29) is 35.8 Å². The maximum atomic E-state index is 14.9. The lowest BCUT2D eigenvalue weighted by Gasteiger charge is -2.11. The van der Waals surface area contributed by atoms with Crippen molar-refractivity contribution in [2.24, 2.45) is 0 Å². The van der Waals surface area contributed by atoms with Crippen LogP contribution in [0.1, 0.15) is 64.1 Å². The zero-order valence-corrected chi connectivity index (χ0v) is 22.2. The molecule has 0 unspecified atom stereocenters. The van der Waals surface area contributed by atoms with Crippen molar-refractivity contribution in [3.05, 3.63) is 82.1 Å². The highest BCUT2D eigenvalue weighted by molar-refractivity contribution is 5.94. The van der Waals surface area contributed by atoms with Gasteiger partial charge in [0.15, 0.2) is 11.6 Å². The third-order valence-electron chi connectivity index (χ3n) is 6.81. The summed E-state index contributed by atoms with van der Waals surface area (Å²) in [6.45, 7) is 3.84. The normalized spacial score (nSPS) is 12.8. The van der Waals surface area contributed by atoms with Gasteiger partial charge >= 0.3 is 0 Å². The third-order valence-corrected chi connectivity index (χ3v) is 6.81. The van der Waals surface area contributed by atoms with Crippen LogP contribution in [-0.4, -0.2) is 49.6 Å². The van der Waals surface area contributed by atoms with E-state index in [0.717, 1.165) is 24.1 Å². The molecule has 0 bridgehead atoms. The smallest absolute Gasteiger partial charge is 0.276 e. The number of hydrogen-bond acceptors (Lipinski definition) is 8. The van der Waals surface area contributed by atoms with Gasteiger partial charge in [-0.3, -0.25) is 19.7 Å². The Balaban J connectivity index is 1.53. The van der Waals surface area contributed by atoms with Gasteiger partial charge in [0.25, 0.3) is 5.91 Å². The number of nitrogens with one attached hydrogen (secondary N) is 1. The topological polar surface area (TPSA) is 124 Å². The maximum Gasteiger partial charge on any atom is 0.276 e. The number of carbonyl (C=O) groups is 1. The van der Waals surface area contributed by atoms with Gasteiger partial charge in [0, 0.05) is 53.7 Å². The summed E-state index contributed by atoms with van der Waals surface area (Å²) in [6.07, 6.45) is 6.49. The van der Waals surface area contributed by atoms with Crippen molar-refractivity contribution in [1.29, 1.82) is 0 Å². The van der Waals surface area contributed by atoms with Crippen LogP contribution in [0.4, 0.5) is 8.78 Å². The molecule has 3 heterocycles. The van der Waals surface area contributed by atoms with E-state index in [2.05, 4.69) is 9.97 Å². The summed E-state index contributed by atoms with van der Waals surface area (Å²) in [5.41, 5.74) is 4.95. The number of rotatable bonds is 10. The van der Waals surface area contributed by atoms with Crippen LogP contribution in [0.25, 0.3) is 11.5 Å². The molecule has 3 aromatic heterocycles. The Hall–Kier alpha value is -4.45. The average Bonchev–Trinajstić information content (AvgIpc) is 3.73. The molecule has 0 spiro atoms. The third kappa shape index (κ3) is 5.34. The summed E-state index contributed by atoms with van der Waals surface area (Å²) in [7, 11) is 1.49. The largest absolute Gasteiger partial charge is 0.494 e. The lowest BCUT2D eigenvalue weighted by atomic mass is 10.0. The quantitative estimate of drug-likeness (QED) is 0.220. The van der Waals surface area contributed by atoms with Gasteiger partial charge in [-0.2, -0.15) is 5.10 Å². The molecule has 0 atom stereocenters. The van der Waals surface area contributed by atoms with Crippen LogP contribution in [0.3, 0.4) is 0 Å². The number of benzene rings is 1. The molecule has 0 aliphatic heterocycles. The van der Waals surface area contributed by atoms with Gasteiger partial charge in [-0.05, 0) is 38.3 Å². The van der Waals surface area contributed by atoms with Crippen LogP contribution in [0, 0.1) is 18.6 Å². The molecule has 1 amide bonds. The second-order valence-electron chi connectivity index (χ2n) is 9.45. The van der Waals surface area contributed by atoms with E-state index in [1.807, 2.05) is 6.92 Å². The first kappa shape index (κ1) is 27.1. The van der Waals surface area contributed by atoms with Crippen LogP contribution in [-0.2, 0) is 13.0 Å². The highest BCUT2D eigenvalue weighted by Gasteiger charge is 2.32. The highest BCUT2D eigenvalue weighted by Crippen LogP contribution is 2.44. The number of pyridine rings is 1. The Kier molecular flexibility index (Phi) is 7.69. The van der Waals surface area contributed by atoms with E-state index in [9.17, 15) is 13.6 Å². The molecule has 1 fully saturated rings. The van der Waals surface area contributed by atoms with E-state index in [4.69, 9.17) is 24.8 Å². The summed E-state index contributed by atoms with van der Waals surface area (Å²) < 4.78 is 42.2. The molecule has 0 saturated heterocycles. The molecule has 1 saturated carbocycles.